The van der Waals surface area contributed by atoms with Gasteiger partial charge in [-0.1, -0.05) is 36.4 Å². The van der Waals surface area contributed by atoms with Crippen molar-refractivity contribution in [1.29, 1.82) is 0 Å². The third-order valence-corrected chi connectivity index (χ3v) is 5.43. The van der Waals surface area contributed by atoms with Crippen molar-refractivity contribution in [1.82, 2.24) is 0 Å². The van der Waals surface area contributed by atoms with E-state index in [1.54, 1.807) is 0 Å². The van der Waals surface area contributed by atoms with Crippen LogP contribution in [0, 0.1) is 5.92 Å². The third kappa shape index (κ3) is 5.59. The topological polar surface area (TPSA) is 20.0 Å². The van der Waals surface area contributed by atoms with Crippen LogP contribution in [0.25, 0.3) is 0 Å². The summed E-state index contributed by atoms with van der Waals surface area (Å²) in [4.78, 5) is 7.96. The van der Waals surface area contributed by atoms with Crippen molar-refractivity contribution in [3.05, 3.63) is 84.0 Å². The van der Waals surface area contributed by atoms with Crippen LogP contribution < -0.4 is 22.2 Å². The Hall–Kier alpha value is -2.36. The van der Waals surface area contributed by atoms with Gasteiger partial charge in [0.05, 0.1) is 19.8 Å². The fraction of sp³-hybridized carbons (Fsp3) is 0.320. The van der Waals surface area contributed by atoms with E-state index < -0.39 is 0 Å². The zero-order valence-electron chi connectivity index (χ0n) is 18.0. The van der Waals surface area contributed by atoms with Crippen molar-refractivity contribution < 1.29 is 17.3 Å². The summed E-state index contributed by atoms with van der Waals surface area (Å²) < 4.78 is 0. The van der Waals surface area contributed by atoms with E-state index in [1.165, 1.54) is 21.7 Å². The highest BCUT2D eigenvalue weighted by Crippen LogP contribution is 2.36. The molecule has 0 heterocycles. The number of nitrogens with one attached hydrogen (secondary N) is 1. The Labute approximate surface area is 181 Å². The molecule has 0 radical (unpaired) electrons. The first-order valence-electron chi connectivity index (χ1n) is 10.0. The number of quaternary nitrogens is 1. The van der Waals surface area contributed by atoms with Gasteiger partial charge >= 0.3 is 0 Å². The number of halogens is 1. The highest BCUT2D eigenvalue weighted by Gasteiger charge is 2.24. The molecule has 3 rings (SSSR count). The van der Waals surface area contributed by atoms with E-state index in [4.69, 9.17) is 0 Å². The first kappa shape index (κ1) is 22.9. The molecule has 3 nitrogen and oxygen atoms in total. The SMILES string of the molecule is CC=Nc1ccc(C(c2ccc(N(C)C)cc2)C2C=CC([NH+](C)C)C=C2)cc1.[Cl-]. The molecule has 0 aromatic heterocycles. The van der Waals surface area contributed by atoms with Crippen molar-refractivity contribution in [2.75, 3.05) is 33.1 Å². The molecule has 0 aliphatic heterocycles. The molecule has 2 aromatic rings. The summed E-state index contributed by atoms with van der Waals surface area (Å²) in [5.41, 5.74) is 4.88. The summed E-state index contributed by atoms with van der Waals surface area (Å²) in [5, 5.41) is 0. The van der Waals surface area contributed by atoms with Gasteiger partial charge in [-0.2, -0.15) is 0 Å². The minimum atomic E-state index is 0. The van der Waals surface area contributed by atoms with Gasteiger partial charge in [-0.25, -0.2) is 0 Å². The molecule has 0 spiro atoms. The van der Waals surface area contributed by atoms with Crippen LogP contribution >= 0.6 is 0 Å². The molecule has 0 bridgehead atoms. The van der Waals surface area contributed by atoms with Crippen LogP contribution in [0.1, 0.15) is 24.0 Å². The summed E-state index contributed by atoms with van der Waals surface area (Å²) in [6.45, 7) is 1.95. The molecule has 1 N–H and O–H groups in total. The second-order valence-electron chi connectivity index (χ2n) is 7.89. The van der Waals surface area contributed by atoms with Gasteiger partial charge in [-0.15, -0.1) is 0 Å². The lowest BCUT2D eigenvalue weighted by molar-refractivity contribution is -0.871. The second-order valence-corrected chi connectivity index (χ2v) is 7.89. The molecule has 0 saturated heterocycles. The lowest BCUT2D eigenvalue weighted by Gasteiger charge is -2.28. The van der Waals surface area contributed by atoms with Gasteiger partial charge in [0.15, 0.2) is 0 Å². The molecule has 29 heavy (non-hydrogen) atoms. The number of hydrogen-bond acceptors (Lipinski definition) is 2. The molecule has 0 amide bonds. The minimum absolute atomic E-state index is 0. The number of allylic oxidation sites excluding steroid dienone is 2. The Morgan fingerprint density at radius 3 is 1.83 bits per heavy atom. The Balaban J connectivity index is 0.00000300. The van der Waals surface area contributed by atoms with Crippen molar-refractivity contribution in [2.24, 2.45) is 10.9 Å². The fourth-order valence-corrected chi connectivity index (χ4v) is 3.76. The van der Waals surface area contributed by atoms with Crippen molar-refractivity contribution in [3.63, 3.8) is 0 Å². The molecular formula is C25H32ClN3. The number of anilines is 1. The van der Waals surface area contributed by atoms with Gasteiger partial charge in [-0.3, -0.25) is 4.99 Å². The maximum Gasteiger partial charge on any atom is 0.124 e. The summed E-state index contributed by atoms with van der Waals surface area (Å²) >= 11 is 0. The number of aliphatic imine (C=N–C) groups is 1. The predicted molar refractivity (Wildman–Crippen MR) is 121 cm³/mol. The van der Waals surface area contributed by atoms with E-state index >= 15 is 0 Å². The first-order valence-corrected chi connectivity index (χ1v) is 10.0. The molecule has 1 atom stereocenters. The van der Waals surface area contributed by atoms with Crippen LogP contribution in [0.3, 0.4) is 0 Å². The average Bonchev–Trinajstić information content (AvgIpc) is 2.70. The lowest BCUT2D eigenvalue weighted by Crippen LogP contribution is -3.09. The number of benzene rings is 2. The Bertz CT molecular complexity index is 835. The van der Waals surface area contributed by atoms with Gasteiger partial charge in [0.2, 0.25) is 0 Å². The maximum absolute atomic E-state index is 4.39. The van der Waals surface area contributed by atoms with Crippen molar-refractivity contribution >= 4 is 17.6 Å². The van der Waals surface area contributed by atoms with Gasteiger partial charge in [0.1, 0.15) is 6.04 Å². The lowest BCUT2D eigenvalue weighted by atomic mass is 9.78. The Morgan fingerprint density at radius 1 is 0.862 bits per heavy atom. The molecule has 0 fully saturated rings. The number of rotatable bonds is 6. The van der Waals surface area contributed by atoms with E-state index in [1.807, 2.05) is 13.1 Å². The fourth-order valence-electron chi connectivity index (χ4n) is 3.76. The highest BCUT2D eigenvalue weighted by atomic mass is 35.5. The van der Waals surface area contributed by atoms with Crippen molar-refractivity contribution in [3.8, 4) is 0 Å². The molecule has 1 aliphatic carbocycles. The molecule has 154 valence electrons. The van der Waals surface area contributed by atoms with E-state index in [9.17, 15) is 0 Å². The van der Waals surface area contributed by atoms with Crippen LogP contribution in [0.5, 0.6) is 0 Å². The minimum Gasteiger partial charge on any atom is -1.00 e. The summed E-state index contributed by atoms with van der Waals surface area (Å²) in [6.07, 6.45) is 11.3. The standard InChI is InChI=1S/C25H31N3.ClH/c1-6-26-22-13-7-19(8-14-22)25(20-9-15-23(16-10-20)27(2)3)21-11-17-24(18-12-21)28(4)5;/h6-18,20,23,25H,1-5H3;1H. The van der Waals surface area contributed by atoms with Crippen LogP contribution in [-0.2, 0) is 0 Å². The Morgan fingerprint density at radius 2 is 1.38 bits per heavy atom. The Kier molecular flexibility index (Phi) is 8.24. The zero-order valence-corrected chi connectivity index (χ0v) is 18.8. The van der Waals surface area contributed by atoms with Crippen molar-refractivity contribution in [2.45, 2.75) is 18.9 Å². The van der Waals surface area contributed by atoms with E-state index in [0.29, 0.717) is 17.9 Å². The molecule has 0 saturated carbocycles. The monoisotopic (exact) mass is 409 g/mol. The predicted octanol–water partition coefficient (Wildman–Crippen LogP) is 0.866. The van der Waals surface area contributed by atoms with E-state index in [2.05, 4.69) is 111 Å². The van der Waals surface area contributed by atoms with E-state index in [0.717, 1.165) is 5.69 Å². The van der Waals surface area contributed by atoms with Crippen LogP contribution in [0.4, 0.5) is 11.4 Å². The van der Waals surface area contributed by atoms with Gasteiger partial charge < -0.3 is 22.2 Å². The van der Waals surface area contributed by atoms with Crippen LogP contribution in [-0.4, -0.2) is 40.4 Å². The smallest absolute Gasteiger partial charge is 0.124 e. The van der Waals surface area contributed by atoms with Gasteiger partial charge in [0.25, 0.3) is 0 Å². The first-order chi connectivity index (χ1) is 13.5. The normalized spacial score (nSPS) is 19.4. The van der Waals surface area contributed by atoms with Gasteiger partial charge in [-0.05, 0) is 54.5 Å². The molecule has 1 aliphatic rings. The largest absolute Gasteiger partial charge is 1.00 e. The molecule has 2 aromatic carbocycles. The quantitative estimate of drug-likeness (QED) is 0.554. The summed E-state index contributed by atoms with van der Waals surface area (Å²) in [7, 11) is 8.56. The molecular weight excluding hydrogens is 378 g/mol. The number of hydrogen-bond donors (Lipinski definition) is 1. The second kappa shape index (κ2) is 10.4. The van der Waals surface area contributed by atoms with Crippen LogP contribution in [0.15, 0.2) is 77.8 Å². The summed E-state index contributed by atoms with van der Waals surface area (Å²) in [6, 6.07) is 18.1. The highest BCUT2D eigenvalue weighted by molar-refractivity contribution is 5.60. The maximum atomic E-state index is 4.39. The third-order valence-electron chi connectivity index (χ3n) is 5.43. The average molecular weight is 410 g/mol. The summed E-state index contributed by atoms with van der Waals surface area (Å²) in [5.74, 6) is 0.641. The number of likely N-dealkylation sites (N-methyl/N-ethyl adjacent to an activating group) is 1. The molecule has 4 heteroatoms. The zero-order chi connectivity index (χ0) is 20.1. The van der Waals surface area contributed by atoms with Crippen LogP contribution in [0.2, 0.25) is 0 Å². The number of nitrogens with zero attached hydrogens (tertiary/aromatic N) is 2. The van der Waals surface area contributed by atoms with E-state index in [-0.39, 0.29) is 12.4 Å². The van der Waals surface area contributed by atoms with Gasteiger partial charge in [0, 0.05) is 37.8 Å². The molecule has 1 unspecified atom stereocenters.